The van der Waals surface area contributed by atoms with Gasteiger partial charge in [0.05, 0.1) is 17.7 Å². The molecule has 0 aliphatic heterocycles. The fourth-order valence-corrected chi connectivity index (χ4v) is 1.84. The lowest BCUT2D eigenvalue weighted by atomic mass is 10.1. The number of anilines is 1. The fraction of sp³-hybridized carbons (Fsp3) is 0.0667. The van der Waals surface area contributed by atoms with Gasteiger partial charge in [-0.2, -0.15) is 0 Å². The highest BCUT2D eigenvalue weighted by molar-refractivity contribution is 6.10. The molecular weight excluding hydrogens is 258 g/mol. The van der Waals surface area contributed by atoms with E-state index < -0.39 is 11.9 Å². The second-order valence-electron chi connectivity index (χ2n) is 4.12. The Balaban J connectivity index is 2.31. The predicted octanol–water partition coefficient (Wildman–Crippen LogP) is 2.13. The van der Waals surface area contributed by atoms with E-state index in [1.54, 1.807) is 36.4 Å². The van der Waals surface area contributed by atoms with Crippen LogP contribution in [0.25, 0.3) is 0 Å². The molecule has 0 spiro atoms. The summed E-state index contributed by atoms with van der Waals surface area (Å²) in [5.74, 6) is -1.69. The van der Waals surface area contributed by atoms with Crippen molar-refractivity contribution in [2.75, 3.05) is 5.32 Å². The lowest BCUT2D eigenvalue weighted by Gasteiger charge is -2.10. The minimum Gasteiger partial charge on any atom is -0.478 e. The average molecular weight is 271 g/mol. The first-order valence-electron chi connectivity index (χ1n) is 5.96. The largest absolute Gasteiger partial charge is 0.478 e. The number of aromatic carboxylic acids is 1. The molecule has 20 heavy (non-hydrogen) atoms. The summed E-state index contributed by atoms with van der Waals surface area (Å²) >= 11 is 0. The fourth-order valence-electron chi connectivity index (χ4n) is 1.84. The zero-order valence-corrected chi connectivity index (χ0v) is 10.5. The van der Waals surface area contributed by atoms with Gasteiger partial charge in [0.2, 0.25) is 0 Å². The van der Waals surface area contributed by atoms with Crippen molar-refractivity contribution >= 4 is 17.6 Å². The van der Waals surface area contributed by atoms with Crippen molar-refractivity contribution in [3.8, 4) is 0 Å². The maximum absolute atomic E-state index is 12.2. The molecule has 0 fully saturated rings. The van der Waals surface area contributed by atoms with Crippen molar-refractivity contribution in [1.29, 1.82) is 0 Å². The van der Waals surface area contributed by atoms with Crippen molar-refractivity contribution in [2.24, 2.45) is 0 Å². The third-order valence-corrected chi connectivity index (χ3v) is 2.84. The number of hydrogen-bond donors (Lipinski definition) is 3. The smallest absolute Gasteiger partial charge is 0.336 e. The van der Waals surface area contributed by atoms with Crippen LogP contribution in [0.4, 0.5) is 5.69 Å². The molecule has 0 aliphatic carbocycles. The molecule has 102 valence electrons. The molecule has 5 heteroatoms. The standard InChI is InChI=1S/C15H13NO4/c17-9-10-5-1-4-8-13(10)16-14(18)11-6-2-3-7-12(11)15(19)20/h1-8,17H,9H2,(H,16,18)(H,19,20). The van der Waals surface area contributed by atoms with Gasteiger partial charge in [-0.3, -0.25) is 4.79 Å². The summed E-state index contributed by atoms with van der Waals surface area (Å²) in [6, 6.07) is 12.8. The number of rotatable bonds is 4. The van der Waals surface area contributed by atoms with Gasteiger partial charge in [0.25, 0.3) is 5.91 Å². The summed E-state index contributed by atoms with van der Waals surface area (Å²) < 4.78 is 0. The molecule has 2 aromatic rings. The molecular formula is C15H13NO4. The molecule has 2 aromatic carbocycles. The molecule has 0 bridgehead atoms. The molecule has 0 saturated carbocycles. The van der Waals surface area contributed by atoms with Crippen molar-refractivity contribution in [1.82, 2.24) is 0 Å². The van der Waals surface area contributed by atoms with Crippen LogP contribution in [-0.2, 0) is 6.61 Å². The number of carboxylic acids is 1. The number of hydrogen-bond acceptors (Lipinski definition) is 3. The number of carbonyl (C=O) groups is 2. The number of nitrogens with one attached hydrogen (secondary N) is 1. The molecule has 0 aliphatic rings. The van der Waals surface area contributed by atoms with Gasteiger partial charge in [-0.05, 0) is 18.2 Å². The molecule has 0 saturated heterocycles. The molecule has 5 nitrogen and oxygen atoms in total. The Morgan fingerprint density at radius 3 is 2.20 bits per heavy atom. The van der Waals surface area contributed by atoms with Crippen LogP contribution < -0.4 is 5.32 Å². The van der Waals surface area contributed by atoms with E-state index in [1.165, 1.54) is 12.1 Å². The van der Waals surface area contributed by atoms with Crippen molar-refractivity contribution in [3.63, 3.8) is 0 Å². The maximum Gasteiger partial charge on any atom is 0.336 e. The van der Waals surface area contributed by atoms with Gasteiger partial charge in [0.15, 0.2) is 0 Å². The summed E-state index contributed by atoms with van der Waals surface area (Å²) in [6.07, 6.45) is 0. The highest BCUT2D eigenvalue weighted by atomic mass is 16.4. The van der Waals surface area contributed by atoms with Crippen LogP contribution in [0, 0.1) is 0 Å². The second kappa shape index (κ2) is 5.99. The minimum absolute atomic E-state index is 0.0634. The van der Waals surface area contributed by atoms with Crippen molar-refractivity contribution in [3.05, 3.63) is 65.2 Å². The average Bonchev–Trinajstić information content (AvgIpc) is 2.47. The molecule has 0 aromatic heterocycles. The lowest BCUT2D eigenvalue weighted by Crippen LogP contribution is -2.17. The van der Waals surface area contributed by atoms with Crippen LogP contribution in [0.3, 0.4) is 0 Å². The summed E-state index contributed by atoms with van der Waals surface area (Å²) in [6.45, 7) is -0.211. The molecule has 0 atom stereocenters. The Kier molecular flexibility index (Phi) is 4.12. The van der Waals surface area contributed by atoms with E-state index in [4.69, 9.17) is 5.11 Å². The van der Waals surface area contributed by atoms with Crippen LogP contribution in [0.1, 0.15) is 26.3 Å². The number of benzene rings is 2. The van der Waals surface area contributed by atoms with Gasteiger partial charge >= 0.3 is 5.97 Å². The maximum atomic E-state index is 12.2. The molecule has 3 N–H and O–H groups in total. The number of aliphatic hydroxyl groups excluding tert-OH is 1. The van der Waals surface area contributed by atoms with E-state index in [9.17, 15) is 14.7 Å². The number of amides is 1. The molecule has 1 amide bonds. The van der Waals surface area contributed by atoms with Crippen LogP contribution in [0.5, 0.6) is 0 Å². The summed E-state index contributed by atoms with van der Waals surface area (Å²) in [5.41, 5.74) is 1.04. The SMILES string of the molecule is O=C(O)c1ccccc1C(=O)Nc1ccccc1CO. The van der Waals surface area contributed by atoms with E-state index in [0.717, 1.165) is 0 Å². The van der Waals surface area contributed by atoms with Gasteiger partial charge in [-0.25, -0.2) is 4.79 Å². The summed E-state index contributed by atoms with van der Waals surface area (Å²) in [7, 11) is 0. The Hall–Kier alpha value is -2.66. The first-order valence-corrected chi connectivity index (χ1v) is 5.96. The predicted molar refractivity (Wildman–Crippen MR) is 73.7 cm³/mol. The van der Waals surface area contributed by atoms with Gasteiger partial charge in [-0.15, -0.1) is 0 Å². The van der Waals surface area contributed by atoms with Crippen molar-refractivity contribution in [2.45, 2.75) is 6.61 Å². The van der Waals surface area contributed by atoms with Crippen LogP contribution in [-0.4, -0.2) is 22.1 Å². The van der Waals surface area contributed by atoms with Crippen LogP contribution in [0.2, 0.25) is 0 Å². The van der Waals surface area contributed by atoms with Crippen LogP contribution in [0.15, 0.2) is 48.5 Å². The van der Waals surface area contributed by atoms with E-state index in [2.05, 4.69) is 5.32 Å². The highest BCUT2D eigenvalue weighted by Crippen LogP contribution is 2.17. The Labute approximate surface area is 115 Å². The van der Waals surface area contributed by atoms with Gasteiger partial charge in [-0.1, -0.05) is 30.3 Å². The quantitative estimate of drug-likeness (QED) is 0.795. The first kappa shape index (κ1) is 13.8. The molecule has 2 rings (SSSR count). The van der Waals surface area contributed by atoms with Crippen LogP contribution >= 0.6 is 0 Å². The Morgan fingerprint density at radius 1 is 0.950 bits per heavy atom. The summed E-state index contributed by atoms with van der Waals surface area (Å²) in [4.78, 5) is 23.2. The normalized spacial score (nSPS) is 10.1. The van der Waals surface area contributed by atoms with E-state index in [0.29, 0.717) is 11.3 Å². The molecule has 0 unspecified atom stereocenters. The number of carboxylic acid groups (broad SMARTS) is 1. The molecule has 0 radical (unpaired) electrons. The first-order chi connectivity index (χ1) is 9.63. The number of para-hydroxylation sites is 1. The minimum atomic E-state index is -1.16. The van der Waals surface area contributed by atoms with Gasteiger partial charge in [0, 0.05) is 11.3 Å². The lowest BCUT2D eigenvalue weighted by molar-refractivity contribution is 0.0692. The molecule has 0 heterocycles. The zero-order valence-electron chi connectivity index (χ0n) is 10.5. The van der Waals surface area contributed by atoms with Gasteiger partial charge in [0.1, 0.15) is 0 Å². The summed E-state index contributed by atoms with van der Waals surface area (Å²) in [5, 5.41) is 20.9. The van der Waals surface area contributed by atoms with Crippen molar-refractivity contribution < 1.29 is 19.8 Å². The van der Waals surface area contributed by atoms with E-state index in [-0.39, 0.29) is 17.7 Å². The highest BCUT2D eigenvalue weighted by Gasteiger charge is 2.16. The zero-order chi connectivity index (χ0) is 14.5. The van der Waals surface area contributed by atoms with E-state index in [1.807, 2.05) is 0 Å². The number of carbonyl (C=O) groups excluding carboxylic acids is 1. The Bertz CT molecular complexity index is 652. The topological polar surface area (TPSA) is 86.6 Å². The third-order valence-electron chi connectivity index (χ3n) is 2.84. The van der Waals surface area contributed by atoms with E-state index >= 15 is 0 Å². The Morgan fingerprint density at radius 2 is 1.55 bits per heavy atom. The second-order valence-corrected chi connectivity index (χ2v) is 4.12. The number of aliphatic hydroxyl groups is 1. The third kappa shape index (κ3) is 2.84. The monoisotopic (exact) mass is 271 g/mol. The van der Waals surface area contributed by atoms with Gasteiger partial charge < -0.3 is 15.5 Å².